The second-order valence-corrected chi connectivity index (χ2v) is 5.82. The lowest BCUT2D eigenvalue weighted by Gasteiger charge is -2.27. The van der Waals surface area contributed by atoms with Crippen LogP contribution in [0.1, 0.15) is 11.7 Å². The number of fused-ring (bicyclic) bond motifs is 1. The Labute approximate surface area is 145 Å². The van der Waals surface area contributed by atoms with Gasteiger partial charge in [-0.05, 0) is 12.1 Å². The highest BCUT2D eigenvalue weighted by Crippen LogP contribution is 2.31. The number of benzene rings is 2. The maximum absolute atomic E-state index is 12.5. The predicted octanol–water partition coefficient (Wildman–Crippen LogP) is 2.20. The van der Waals surface area contributed by atoms with Crippen molar-refractivity contribution in [1.29, 1.82) is 0 Å². The van der Waals surface area contributed by atoms with Crippen LogP contribution in [0.3, 0.4) is 0 Å². The number of likely N-dealkylation sites (N-methyl/N-ethyl adjacent to an activating group) is 1. The van der Waals surface area contributed by atoms with Gasteiger partial charge in [0.2, 0.25) is 12.2 Å². The van der Waals surface area contributed by atoms with E-state index < -0.39 is 18.2 Å². The van der Waals surface area contributed by atoms with Crippen molar-refractivity contribution in [3.05, 3.63) is 60.2 Å². The molecule has 1 aliphatic rings. The molecule has 130 valence electrons. The Morgan fingerprint density at radius 1 is 1.04 bits per heavy atom. The standard InChI is InChI=1S/C19H19NO5/c1-20(2)18(21)17(13-8-4-3-5-9-13)25-19(22)16-12-23-14-10-6-7-11-15(14)24-16/h3-11,16-17H,12H2,1-2H3/t16-,17+/m0/s1. The minimum Gasteiger partial charge on any atom is -0.485 e. The molecule has 0 spiro atoms. The Kier molecular flexibility index (Phi) is 4.88. The normalized spacial score (nSPS) is 16.6. The van der Waals surface area contributed by atoms with Crippen LogP contribution < -0.4 is 9.47 Å². The predicted molar refractivity (Wildman–Crippen MR) is 90.3 cm³/mol. The number of hydrogen-bond donors (Lipinski definition) is 0. The molecule has 0 radical (unpaired) electrons. The first-order valence-electron chi connectivity index (χ1n) is 7.91. The lowest BCUT2D eigenvalue weighted by Crippen LogP contribution is -2.40. The smallest absolute Gasteiger partial charge is 0.352 e. The molecule has 0 unspecified atom stereocenters. The number of rotatable bonds is 4. The molecule has 6 heteroatoms. The van der Waals surface area contributed by atoms with Crippen molar-refractivity contribution in [2.75, 3.05) is 20.7 Å². The number of esters is 1. The zero-order chi connectivity index (χ0) is 17.8. The van der Waals surface area contributed by atoms with Crippen molar-refractivity contribution in [2.45, 2.75) is 12.2 Å². The number of amides is 1. The highest BCUT2D eigenvalue weighted by atomic mass is 16.6. The Hall–Kier alpha value is -3.02. The van der Waals surface area contributed by atoms with Gasteiger partial charge in [-0.2, -0.15) is 0 Å². The average molecular weight is 341 g/mol. The van der Waals surface area contributed by atoms with Crippen molar-refractivity contribution >= 4 is 11.9 Å². The molecule has 2 aromatic rings. The van der Waals surface area contributed by atoms with Crippen molar-refractivity contribution in [1.82, 2.24) is 4.90 Å². The summed E-state index contributed by atoms with van der Waals surface area (Å²) in [5.41, 5.74) is 0.603. The fourth-order valence-corrected chi connectivity index (χ4v) is 2.45. The topological polar surface area (TPSA) is 65.1 Å². The maximum Gasteiger partial charge on any atom is 0.352 e. The van der Waals surface area contributed by atoms with E-state index in [4.69, 9.17) is 14.2 Å². The third-order valence-electron chi connectivity index (χ3n) is 3.77. The molecule has 25 heavy (non-hydrogen) atoms. The van der Waals surface area contributed by atoms with Gasteiger partial charge in [-0.1, -0.05) is 42.5 Å². The molecule has 2 aromatic carbocycles. The van der Waals surface area contributed by atoms with Crippen LogP contribution in [0.25, 0.3) is 0 Å². The van der Waals surface area contributed by atoms with Gasteiger partial charge >= 0.3 is 5.97 Å². The molecule has 6 nitrogen and oxygen atoms in total. The Balaban J connectivity index is 1.76. The van der Waals surface area contributed by atoms with Crippen LogP contribution in [0.4, 0.5) is 0 Å². The van der Waals surface area contributed by atoms with E-state index in [-0.39, 0.29) is 12.5 Å². The SMILES string of the molecule is CN(C)C(=O)[C@H](OC(=O)[C@@H]1COc2ccccc2O1)c1ccccc1. The van der Waals surface area contributed by atoms with Crippen LogP contribution in [0, 0.1) is 0 Å². The average Bonchev–Trinajstić information content (AvgIpc) is 2.65. The number of para-hydroxylation sites is 2. The van der Waals surface area contributed by atoms with Gasteiger partial charge in [-0.25, -0.2) is 4.79 Å². The summed E-state index contributed by atoms with van der Waals surface area (Å²) in [6, 6.07) is 16.0. The molecule has 1 aliphatic heterocycles. The van der Waals surface area contributed by atoms with Gasteiger partial charge in [0, 0.05) is 19.7 Å². The van der Waals surface area contributed by atoms with E-state index in [2.05, 4.69) is 0 Å². The first-order chi connectivity index (χ1) is 12.1. The molecule has 1 heterocycles. The van der Waals surface area contributed by atoms with Gasteiger partial charge in [0.05, 0.1) is 0 Å². The Morgan fingerprint density at radius 3 is 2.36 bits per heavy atom. The van der Waals surface area contributed by atoms with Crippen LogP contribution in [0.5, 0.6) is 11.5 Å². The fraction of sp³-hybridized carbons (Fsp3) is 0.263. The number of carbonyl (C=O) groups is 2. The molecule has 1 amide bonds. The van der Waals surface area contributed by atoms with Gasteiger partial charge in [-0.15, -0.1) is 0 Å². The van der Waals surface area contributed by atoms with Crippen LogP contribution in [0.2, 0.25) is 0 Å². The first-order valence-corrected chi connectivity index (χ1v) is 7.91. The zero-order valence-corrected chi connectivity index (χ0v) is 14.0. The van der Waals surface area contributed by atoms with E-state index in [0.29, 0.717) is 17.1 Å². The molecule has 2 atom stereocenters. The van der Waals surface area contributed by atoms with Crippen LogP contribution >= 0.6 is 0 Å². The van der Waals surface area contributed by atoms with Crippen LogP contribution in [-0.2, 0) is 14.3 Å². The molecule has 0 bridgehead atoms. The molecule has 0 saturated carbocycles. The summed E-state index contributed by atoms with van der Waals surface area (Å²) in [5, 5.41) is 0. The molecule has 3 rings (SSSR count). The first kappa shape index (κ1) is 16.8. The van der Waals surface area contributed by atoms with Crippen LogP contribution in [0.15, 0.2) is 54.6 Å². The van der Waals surface area contributed by atoms with Crippen molar-refractivity contribution in [3.8, 4) is 11.5 Å². The van der Waals surface area contributed by atoms with Crippen molar-refractivity contribution < 1.29 is 23.8 Å². The lowest BCUT2D eigenvalue weighted by atomic mass is 10.1. The van der Waals surface area contributed by atoms with Gasteiger partial charge in [0.25, 0.3) is 5.91 Å². The van der Waals surface area contributed by atoms with Gasteiger partial charge in [0.15, 0.2) is 11.5 Å². The lowest BCUT2D eigenvalue weighted by molar-refractivity contribution is -0.167. The molecular weight excluding hydrogens is 322 g/mol. The van der Waals surface area contributed by atoms with Gasteiger partial charge in [-0.3, -0.25) is 4.79 Å². The minimum absolute atomic E-state index is 0.0352. The highest BCUT2D eigenvalue weighted by molar-refractivity contribution is 5.86. The summed E-state index contributed by atoms with van der Waals surface area (Å²) in [6.07, 6.45) is -1.94. The van der Waals surface area contributed by atoms with E-state index in [9.17, 15) is 9.59 Å². The number of nitrogens with zero attached hydrogens (tertiary/aromatic N) is 1. The summed E-state index contributed by atoms with van der Waals surface area (Å²) in [5.74, 6) is 0.0941. The molecule has 0 N–H and O–H groups in total. The van der Waals surface area contributed by atoms with Crippen LogP contribution in [-0.4, -0.2) is 43.6 Å². The monoisotopic (exact) mass is 341 g/mol. The third kappa shape index (κ3) is 3.74. The Bertz CT molecular complexity index is 759. The van der Waals surface area contributed by atoms with E-state index in [1.807, 2.05) is 12.1 Å². The molecule has 0 saturated heterocycles. The number of hydrogen-bond acceptors (Lipinski definition) is 5. The Morgan fingerprint density at radius 2 is 1.68 bits per heavy atom. The van der Waals surface area contributed by atoms with E-state index in [1.54, 1.807) is 56.6 Å². The fourth-order valence-electron chi connectivity index (χ4n) is 2.45. The van der Waals surface area contributed by atoms with Gasteiger partial charge in [0.1, 0.15) is 6.61 Å². The summed E-state index contributed by atoms with van der Waals surface area (Å²) in [6.45, 7) is 0.0352. The molecule has 0 aliphatic carbocycles. The van der Waals surface area contributed by atoms with Crippen molar-refractivity contribution in [3.63, 3.8) is 0 Å². The maximum atomic E-state index is 12.5. The summed E-state index contributed by atoms with van der Waals surface area (Å²) < 4.78 is 16.7. The quantitative estimate of drug-likeness (QED) is 0.798. The zero-order valence-electron chi connectivity index (χ0n) is 14.0. The summed E-state index contributed by atoms with van der Waals surface area (Å²) in [4.78, 5) is 26.3. The molecule has 0 aromatic heterocycles. The molecule has 0 fully saturated rings. The highest BCUT2D eigenvalue weighted by Gasteiger charge is 2.33. The van der Waals surface area contributed by atoms with Gasteiger partial charge < -0.3 is 19.1 Å². The molecular formula is C19H19NO5. The van der Waals surface area contributed by atoms with E-state index in [1.165, 1.54) is 4.90 Å². The van der Waals surface area contributed by atoms with E-state index in [0.717, 1.165) is 0 Å². The second-order valence-electron chi connectivity index (χ2n) is 5.82. The second kappa shape index (κ2) is 7.25. The van der Waals surface area contributed by atoms with Crippen molar-refractivity contribution in [2.24, 2.45) is 0 Å². The number of ether oxygens (including phenoxy) is 3. The summed E-state index contributed by atoms with van der Waals surface area (Å²) in [7, 11) is 3.23. The minimum atomic E-state index is -1.02. The summed E-state index contributed by atoms with van der Waals surface area (Å²) >= 11 is 0. The largest absolute Gasteiger partial charge is 0.485 e. The van der Waals surface area contributed by atoms with E-state index >= 15 is 0 Å². The third-order valence-corrected chi connectivity index (χ3v) is 3.77. The number of carbonyl (C=O) groups excluding carboxylic acids is 2.